The molecule has 1 aromatic carbocycles. The van der Waals surface area contributed by atoms with Crippen molar-refractivity contribution in [1.29, 1.82) is 0 Å². The fourth-order valence-corrected chi connectivity index (χ4v) is 2.00. The number of hydrogen-bond donors (Lipinski definition) is 0. The Kier molecular flexibility index (Phi) is 3.05. The molecule has 5 heteroatoms. The van der Waals surface area contributed by atoms with Crippen LogP contribution in [0.3, 0.4) is 0 Å². The number of halogens is 2. The van der Waals surface area contributed by atoms with Crippen LogP contribution in [0.25, 0.3) is 0 Å². The summed E-state index contributed by atoms with van der Waals surface area (Å²) in [5.41, 5.74) is 0.237. The molecule has 0 atom stereocenters. The summed E-state index contributed by atoms with van der Waals surface area (Å²) in [6.45, 7) is 0.260. The molecule has 0 radical (unpaired) electrons. The summed E-state index contributed by atoms with van der Waals surface area (Å²) in [4.78, 5) is 23.9. The van der Waals surface area contributed by atoms with Gasteiger partial charge in [0.1, 0.15) is 11.6 Å². The first-order valence-corrected chi connectivity index (χ1v) is 5.64. The largest absolute Gasteiger partial charge is 0.309 e. The zero-order valence-electron chi connectivity index (χ0n) is 8.37. The second-order valence-electron chi connectivity index (χ2n) is 3.61. The zero-order chi connectivity index (χ0) is 11.7. The lowest BCUT2D eigenvalue weighted by Crippen LogP contribution is -2.39. The minimum Gasteiger partial charge on any atom is -0.309 e. The van der Waals surface area contributed by atoms with Crippen LogP contribution in [0.5, 0.6) is 0 Å². The molecule has 1 heterocycles. The summed E-state index contributed by atoms with van der Waals surface area (Å²) in [5, 5.41) is 0. The maximum atomic E-state index is 13.6. The number of benzene rings is 1. The zero-order valence-corrected chi connectivity index (χ0v) is 9.96. The Morgan fingerprint density at radius 1 is 1.31 bits per heavy atom. The van der Waals surface area contributed by atoms with Crippen LogP contribution in [0.2, 0.25) is 0 Å². The van der Waals surface area contributed by atoms with E-state index >= 15 is 0 Å². The second-order valence-corrected chi connectivity index (χ2v) is 4.52. The molecular formula is C11H9BrFNO2. The predicted molar refractivity (Wildman–Crippen MR) is 60.7 cm³/mol. The third kappa shape index (κ3) is 2.14. The number of carbonyl (C=O) groups excluding carboxylic acids is 2. The molecule has 3 nitrogen and oxygen atoms in total. The number of piperidine rings is 1. The van der Waals surface area contributed by atoms with E-state index in [0.29, 0.717) is 10.9 Å². The number of nitrogens with zero attached hydrogens (tertiary/aromatic N) is 1. The SMILES string of the molecule is O=C1CCN(c2ccc(Br)cc2F)C(=O)C1. The highest BCUT2D eigenvalue weighted by molar-refractivity contribution is 9.10. The molecule has 0 N–H and O–H groups in total. The average Bonchev–Trinajstić information content (AvgIpc) is 2.19. The van der Waals surface area contributed by atoms with E-state index in [2.05, 4.69) is 15.9 Å². The fraction of sp³-hybridized carbons (Fsp3) is 0.273. The van der Waals surface area contributed by atoms with Crippen LogP contribution >= 0.6 is 15.9 Å². The van der Waals surface area contributed by atoms with Gasteiger partial charge in [0.25, 0.3) is 0 Å². The van der Waals surface area contributed by atoms with Crippen LogP contribution in [0.15, 0.2) is 22.7 Å². The van der Waals surface area contributed by atoms with Gasteiger partial charge in [0.15, 0.2) is 0 Å². The van der Waals surface area contributed by atoms with Gasteiger partial charge in [0.05, 0.1) is 12.1 Å². The summed E-state index contributed by atoms with van der Waals surface area (Å²) >= 11 is 3.15. The minimum absolute atomic E-state index is 0.0845. The fourth-order valence-electron chi connectivity index (χ4n) is 1.67. The van der Waals surface area contributed by atoms with Crippen molar-refractivity contribution in [1.82, 2.24) is 0 Å². The van der Waals surface area contributed by atoms with E-state index in [9.17, 15) is 14.0 Å². The highest BCUT2D eigenvalue weighted by atomic mass is 79.9. The molecule has 1 aliphatic rings. The molecule has 1 amide bonds. The van der Waals surface area contributed by atoms with Crippen molar-refractivity contribution in [3.63, 3.8) is 0 Å². The van der Waals surface area contributed by atoms with E-state index in [4.69, 9.17) is 0 Å². The average molecular weight is 286 g/mol. The van der Waals surface area contributed by atoms with Gasteiger partial charge in [-0.1, -0.05) is 15.9 Å². The van der Waals surface area contributed by atoms with E-state index in [1.54, 1.807) is 6.07 Å². The maximum Gasteiger partial charge on any atom is 0.234 e. The quantitative estimate of drug-likeness (QED) is 0.743. The lowest BCUT2D eigenvalue weighted by Gasteiger charge is -2.26. The maximum absolute atomic E-state index is 13.6. The first kappa shape index (κ1) is 11.3. The third-order valence-electron chi connectivity index (χ3n) is 2.46. The molecule has 0 unspecified atom stereocenters. The van der Waals surface area contributed by atoms with Gasteiger partial charge in [0.2, 0.25) is 5.91 Å². The molecule has 0 spiro atoms. The van der Waals surface area contributed by atoms with Crippen molar-refractivity contribution < 1.29 is 14.0 Å². The van der Waals surface area contributed by atoms with Gasteiger partial charge in [-0.2, -0.15) is 0 Å². The molecule has 1 aliphatic heterocycles. The predicted octanol–water partition coefficient (Wildman–Crippen LogP) is 2.28. The van der Waals surface area contributed by atoms with Crippen LogP contribution in [-0.4, -0.2) is 18.2 Å². The topological polar surface area (TPSA) is 37.4 Å². The van der Waals surface area contributed by atoms with Gasteiger partial charge in [-0.25, -0.2) is 4.39 Å². The summed E-state index contributed by atoms with van der Waals surface area (Å²) < 4.78 is 14.2. The number of anilines is 1. The first-order chi connectivity index (χ1) is 7.58. The lowest BCUT2D eigenvalue weighted by molar-refractivity contribution is -0.128. The summed E-state index contributed by atoms with van der Waals surface area (Å²) in [7, 11) is 0. The van der Waals surface area contributed by atoms with Crippen LogP contribution in [0, 0.1) is 5.82 Å². The second kappa shape index (κ2) is 4.33. The van der Waals surface area contributed by atoms with E-state index in [1.165, 1.54) is 17.0 Å². The number of carbonyl (C=O) groups is 2. The summed E-state index contributed by atoms with van der Waals surface area (Å²) in [5.74, 6) is -0.881. The number of rotatable bonds is 1. The Morgan fingerprint density at radius 3 is 2.69 bits per heavy atom. The minimum atomic E-state index is -0.461. The van der Waals surface area contributed by atoms with E-state index in [0.717, 1.165) is 0 Å². The van der Waals surface area contributed by atoms with E-state index in [-0.39, 0.29) is 30.3 Å². The summed E-state index contributed by atoms with van der Waals surface area (Å²) in [6, 6.07) is 4.51. The molecule has 0 saturated carbocycles. The number of hydrogen-bond acceptors (Lipinski definition) is 2. The molecule has 2 rings (SSSR count). The van der Waals surface area contributed by atoms with Crippen molar-refractivity contribution in [3.05, 3.63) is 28.5 Å². The standard InChI is InChI=1S/C11H9BrFNO2/c12-7-1-2-10(9(13)5-7)14-4-3-8(15)6-11(14)16/h1-2,5H,3-4,6H2. The highest BCUT2D eigenvalue weighted by Crippen LogP contribution is 2.25. The molecule has 1 fully saturated rings. The van der Waals surface area contributed by atoms with Crippen molar-refractivity contribution in [2.24, 2.45) is 0 Å². The van der Waals surface area contributed by atoms with Gasteiger partial charge in [-0.3, -0.25) is 9.59 Å². The van der Waals surface area contributed by atoms with E-state index in [1.807, 2.05) is 0 Å². The number of amides is 1. The van der Waals surface area contributed by atoms with Crippen molar-refractivity contribution in [2.75, 3.05) is 11.4 Å². The normalized spacial score (nSPS) is 16.8. The molecule has 1 saturated heterocycles. The lowest BCUT2D eigenvalue weighted by atomic mass is 10.1. The number of Topliss-reactive ketones (excluding diaryl/α,β-unsaturated/α-hetero) is 1. The Labute approximate surface area is 100 Å². The Balaban J connectivity index is 2.30. The van der Waals surface area contributed by atoms with Crippen molar-refractivity contribution in [3.8, 4) is 0 Å². The molecule has 84 valence electrons. The van der Waals surface area contributed by atoms with Gasteiger partial charge >= 0.3 is 0 Å². The van der Waals surface area contributed by atoms with Gasteiger partial charge in [0, 0.05) is 17.4 Å². The smallest absolute Gasteiger partial charge is 0.234 e. The molecule has 0 aromatic heterocycles. The van der Waals surface area contributed by atoms with Crippen molar-refractivity contribution >= 4 is 33.3 Å². The Morgan fingerprint density at radius 2 is 2.06 bits per heavy atom. The van der Waals surface area contributed by atoms with Gasteiger partial charge in [-0.15, -0.1) is 0 Å². The molecular weight excluding hydrogens is 277 g/mol. The first-order valence-electron chi connectivity index (χ1n) is 4.85. The van der Waals surface area contributed by atoms with E-state index < -0.39 is 5.82 Å². The van der Waals surface area contributed by atoms with Crippen LogP contribution in [-0.2, 0) is 9.59 Å². The molecule has 16 heavy (non-hydrogen) atoms. The van der Waals surface area contributed by atoms with Crippen molar-refractivity contribution in [2.45, 2.75) is 12.8 Å². The monoisotopic (exact) mass is 285 g/mol. The summed E-state index contributed by atoms with van der Waals surface area (Å²) in [6.07, 6.45) is 0.163. The molecule has 0 aliphatic carbocycles. The highest BCUT2D eigenvalue weighted by Gasteiger charge is 2.26. The van der Waals surface area contributed by atoms with Gasteiger partial charge < -0.3 is 4.90 Å². The Hall–Kier alpha value is -1.23. The van der Waals surface area contributed by atoms with Gasteiger partial charge in [-0.05, 0) is 18.2 Å². The Bertz CT molecular complexity index is 461. The van der Waals surface area contributed by atoms with Crippen LogP contribution in [0.4, 0.5) is 10.1 Å². The van der Waals surface area contributed by atoms with Crippen LogP contribution < -0.4 is 4.90 Å². The molecule has 1 aromatic rings. The molecule has 0 bridgehead atoms. The number of ketones is 1. The van der Waals surface area contributed by atoms with Crippen LogP contribution in [0.1, 0.15) is 12.8 Å². The third-order valence-corrected chi connectivity index (χ3v) is 2.96.